The van der Waals surface area contributed by atoms with Gasteiger partial charge >= 0.3 is 0 Å². The Morgan fingerprint density at radius 1 is 1.55 bits per heavy atom. The van der Waals surface area contributed by atoms with Gasteiger partial charge in [-0.3, -0.25) is 4.79 Å². The Balaban J connectivity index is 2.83. The minimum atomic E-state index is 0.806. The van der Waals surface area contributed by atoms with Gasteiger partial charge in [0.05, 0.1) is 8.49 Å². The lowest BCUT2D eigenvalue weighted by Gasteiger charge is -1.76. The number of thiophene rings is 2. The van der Waals surface area contributed by atoms with Gasteiger partial charge in [0.25, 0.3) is 0 Å². The van der Waals surface area contributed by atoms with Gasteiger partial charge in [0, 0.05) is 15.6 Å². The molecule has 0 radical (unpaired) electrons. The van der Waals surface area contributed by atoms with Crippen molar-refractivity contribution in [2.24, 2.45) is 0 Å². The van der Waals surface area contributed by atoms with Crippen LogP contribution in [-0.4, -0.2) is 6.29 Å². The fraction of sp³-hybridized carbons (Fsp3) is 0. The fourth-order valence-corrected chi connectivity index (χ4v) is 3.78. The zero-order chi connectivity index (χ0) is 7.84. The van der Waals surface area contributed by atoms with Crippen molar-refractivity contribution in [3.05, 3.63) is 20.8 Å². The SMILES string of the molecule is O=Cc1csc2cc(Br)sc12. The topological polar surface area (TPSA) is 17.1 Å². The van der Waals surface area contributed by atoms with Crippen molar-refractivity contribution in [2.75, 3.05) is 0 Å². The van der Waals surface area contributed by atoms with Gasteiger partial charge in [-0.25, -0.2) is 0 Å². The zero-order valence-corrected chi connectivity index (χ0v) is 8.55. The second kappa shape index (κ2) is 2.69. The molecule has 0 spiro atoms. The van der Waals surface area contributed by atoms with E-state index in [2.05, 4.69) is 15.9 Å². The summed E-state index contributed by atoms with van der Waals surface area (Å²) in [7, 11) is 0. The van der Waals surface area contributed by atoms with E-state index in [4.69, 9.17) is 0 Å². The molecule has 11 heavy (non-hydrogen) atoms. The minimum Gasteiger partial charge on any atom is -0.298 e. The van der Waals surface area contributed by atoms with E-state index >= 15 is 0 Å². The zero-order valence-electron chi connectivity index (χ0n) is 5.33. The summed E-state index contributed by atoms with van der Waals surface area (Å²) in [4.78, 5) is 10.5. The number of hydrogen-bond acceptors (Lipinski definition) is 3. The molecule has 0 fully saturated rings. The number of hydrogen-bond donors (Lipinski definition) is 0. The van der Waals surface area contributed by atoms with Crippen molar-refractivity contribution in [3.8, 4) is 0 Å². The third-order valence-corrected chi connectivity index (χ3v) is 4.13. The van der Waals surface area contributed by atoms with E-state index in [9.17, 15) is 4.79 Å². The van der Waals surface area contributed by atoms with Crippen molar-refractivity contribution < 1.29 is 4.79 Å². The summed E-state index contributed by atoms with van der Waals surface area (Å²) >= 11 is 6.59. The van der Waals surface area contributed by atoms with Crippen LogP contribution in [0, 0.1) is 0 Å². The van der Waals surface area contributed by atoms with Crippen LogP contribution in [0.5, 0.6) is 0 Å². The van der Waals surface area contributed by atoms with E-state index in [1.807, 2.05) is 11.4 Å². The largest absolute Gasteiger partial charge is 0.298 e. The number of carbonyl (C=O) groups excluding carboxylic acids is 1. The van der Waals surface area contributed by atoms with E-state index in [0.717, 1.165) is 20.3 Å². The maximum absolute atomic E-state index is 10.5. The van der Waals surface area contributed by atoms with Gasteiger partial charge in [0.15, 0.2) is 6.29 Å². The highest BCUT2D eigenvalue weighted by Gasteiger charge is 2.05. The molecule has 0 N–H and O–H groups in total. The maximum Gasteiger partial charge on any atom is 0.152 e. The third-order valence-electron chi connectivity index (χ3n) is 1.37. The van der Waals surface area contributed by atoms with Crippen LogP contribution < -0.4 is 0 Å². The molecule has 2 aromatic heterocycles. The van der Waals surface area contributed by atoms with Crippen LogP contribution in [0.3, 0.4) is 0 Å². The normalized spacial score (nSPS) is 10.6. The van der Waals surface area contributed by atoms with Gasteiger partial charge in [-0.15, -0.1) is 22.7 Å². The minimum absolute atomic E-state index is 0.806. The molecule has 56 valence electrons. The molecule has 2 heterocycles. The first-order valence-corrected chi connectivity index (χ1v) is 5.42. The summed E-state index contributed by atoms with van der Waals surface area (Å²) in [6.45, 7) is 0. The van der Waals surface area contributed by atoms with Gasteiger partial charge in [-0.05, 0) is 22.0 Å². The molecule has 0 aromatic carbocycles. The van der Waals surface area contributed by atoms with Gasteiger partial charge in [0.1, 0.15) is 0 Å². The first kappa shape index (κ1) is 7.46. The van der Waals surface area contributed by atoms with E-state index in [1.165, 1.54) is 4.70 Å². The van der Waals surface area contributed by atoms with Crippen molar-refractivity contribution >= 4 is 54.3 Å². The van der Waals surface area contributed by atoms with Crippen LogP contribution in [0.1, 0.15) is 10.4 Å². The average molecular weight is 247 g/mol. The summed E-state index contributed by atoms with van der Waals surface area (Å²) in [5.74, 6) is 0. The summed E-state index contributed by atoms with van der Waals surface area (Å²) in [5, 5.41) is 1.89. The molecule has 0 aliphatic rings. The van der Waals surface area contributed by atoms with E-state index < -0.39 is 0 Å². The number of carbonyl (C=O) groups is 1. The second-order valence-corrected chi connectivity index (χ2v) is 5.40. The molecule has 1 nitrogen and oxygen atoms in total. The van der Waals surface area contributed by atoms with Crippen molar-refractivity contribution in [1.82, 2.24) is 0 Å². The lowest BCUT2D eigenvalue weighted by molar-refractivity contribution is 0.112. The highest BCUT2D eigenvalue weighted by Crippen LogP contribution is 2.35. The monoisotopic (exact) mass is 246 g/mol. The van der Waals surface area contributed by atoms with Crippen LogP contribution in [0.25, 0.3) is 9.40 Å². The number of halogens is 1. The van der Waals surface area contributed by atoms with E-state index in [1.54, 1.807) is 22.7 Å². The molecule has 0 saturated carbocycles. The Bertz CT molecular complexity index is 401. The van der Waals surface area contributed by atoms with Crippen molar-refractivity contribution in [3.63, 3.8) is 0 Å². The lowest BCUT2D eigenvalue weighted by Crippen LogP contribution is -1.67. The van der Waals surface area contributed by atoms with Gasteiger partial charge in [-0.2, -0.15) is 0 Å². The van der Waals surface area contributed by atoms with Gasteiger partial charge < -0.3 is 0 Å². The standard InChI is InChI=1S/C7H3BrOS2/c8-6-1-5-7(11-6)4(2-9)3-10-5/h1-3H. The van der Waals surface area contributed by atoms with Crippen molar-refractivity contribution in [2.45, 2.75) is 0 Å². The Kier molecular flexibility index (Phi) is 1.83. The Morgan fingerprint density at radius 3 is 3.09 bits per heavy atom. The molecule has 0 atom stereocenters. The molecule has 0 bridgehead atoms. The molecule has 4 heteroatoms. The highest BCUT2D eigenvalue weighted by molar-refractivity contribution is 9.11. The summed E-state index contributed by atoms with van der Waals surface area (Å²) < 4.78 is 3.36. The van der Waals surface area contributed by atoms with E-state index in [0.29, 0.717) is 0 Å². The molecule has 0 amide bonds. The fourth-order valence-electron chi connectivity index (χ4n) is 0.896. The van der Waals surface area contributed by atoms with Crippen LogP contribution in [0.2, 0.25) is 0 Å². The highest BCUT2D eigenvalue weighted by atomic mass is 79.9. The van der Waals surface area contributed by atoms with Gasteiger partial charge in [0.2, 0.25) is 0 Å². The molecule has 0 aliphatic heterocycles. The molecule has 0 unspecified atom stereocenters. The van der Waals surface area contributed by atoms with Crippen LogP contribution >= 0.6 is 38.6 Å². The number of rotatable bonds is 1. The van der Waals surface area contributed by atoms with Gasteiger partial charge in [-0.1, -0.05) is 0 Å². The molecular formula is C7H3BrOS2. The van der Waals surface area contributed by atoms with Crippen LogP contribution in [0.4, 0.5) is 0 Å². The predicted octanol–water partition coefficient (Wildman–Crippen LogP) is 3.54. The molecule has 2 rings (SSSR count). The van der Waals surface area contributed by atoms with Crippen molar-refractivity contribution in [1.29, 1.82) is 0 Å². The summed E-state index contributed by atoms with van der Waals surface area (Å²) in [5.41, 5.74) is 0.806. The quantitative estimate of drug-likeness (QED) is 0.704. The third kappa shape index (κ3) is 1.15. The molecule has 0 saturated heterocycles. The number of aldehydes is 1. The average Bonchev–Trinajstić information content (AvgIpc) is 2.45. The number of fused-ring (bicyclic) bond motifs is 1. The smallest absolute Gasteiger partial charge is 0.152 e. The molecule has 2 aromatic rings. The lowest BCUT2D eigenvalue weighted by atomic mass is 10.3. The molecular weight excluding hydrogens is 244 g/mol. The summed E-state index contributed by atoms with van der Waals surface area (Å²) in [6.07, 6.45) is 0.905. The molecule has 0 aliphatic carbocycles. The predicted molar refractivity (Wildman–Crippen MR) is 52.8 cm³/mol. The second-order valence-electron chi connectivity index (χ2n) is 2.05. The van der Waals surface area contributed by atoms with Crippen LogP contribution in [0.15, 0.2) is 15.2 Å². The maximum atomic E-state index is 10.5. The first-order valence-electron chi connectivity index (χ1n) is 2.93. The van der Waals surface area contributed by atoms with Crippen LogP contribution in [-0.2, 0) is 0 Å². The Morgan fingerprint density at radius 2 is 2.36 bits per heavy atom. The van der Waals surface area contributed by atoms with E-state index in [-0.39, 0.29) is 0 Å². The summed E-state index contributed by atoms with van der Waals surface area (Å²) in [6, 6.07) is 2.04. The first-order chi connectivity index (χ1) is 5.31. The Labute approximate surface area is 79.8 Å². The Hall–Kier alpha value is -0.190.